The lowest BCUT2D eigenvalue weighted by atomic mass is 10.2. The van der Waals surface area contributed by atoms with E-state index in [-0.39, 0.29) is 12.4 Å². The molecule has 1 rings (SSSR count). The van der Waals surface area contributed by atoms with Gasteiger partial charge in [-0.3, -0.25) is 0 Å². The highest BCUT2D eigenvalue weighted by atomic mass is 16.7. The number of carboxylic acids is 1. The molecule has 4 nitrogen and oxygen atoms in total. The fourth-order valence-corrected chi connectivity index (χ4v) is 1.18. The molecule has 0 amide bonds. The van der Waals surface area contributed by atoms with E-state index in [1.54, 1.807) is 0 Å². The molecule has 0 saturated heterocycles. The second-order valence-electron chi connectivity index (χ2n) is 3.50. The second kappa shape index (κ2) is 7.46. The average Bonchev–Trinajstić information content (AvgIpc) is 2.34. The Morgan fingerprint density at radius 2 is 2.00 bits per heavy atom. The van der Waals surface area contributed by atoms with Gasteiger partial charge in [0.05, 0.1) is 6.61 Å². The van der Waals surface area contributed by atoms with Gasteiger partial charge >= 0.3 is 5.97 Å². The minimum absolute atomic E-state index is 0.170. The molecule has 0 heterocycles. The molecule has 0 aliphatic rings. The number of hydrogen-bond acceptors (Lipinski definition) is 3. The topological polar surface area (TPSA) is 55.8 Å². The molecular formula is C13H16O4. The SMILES string of the molecule is C=C(CCCOCOc1ccccc1)C(=O)O. The highest BCUT2D eigenvalue weighted by Gasteiger charge is 2.02. The van der Waals surface area contributed by atoms with Crippen LogP contribution in [0, 0.1) is 0 Å². The minimum atomic E-state index is -0.953. The highest BCUT2D eigenvalue weighted by molar-refractivity contribution is 5.85. The number of hydrogen-bond donors (Lipinski definition) is 1. The molecule has 1 aromatic carbocycles. The molecule has 0 radical (unpaired) electrons. The first kappa shape index (κ1) is 13.3. The van der Waals surface area contributed by atoms with Crippen LogP contribution in [0.25, 0.3) is 0 Å². The zero-order valence-corrected chi connectivity index (χ0v) is 9.59. The molecule has 17 heavy (non-hydrogen) atoms. The van der Waals surface area contributed by atoms with Crippen LogP contribution in [0.5, 0.6) is 5.75 Å². The first-order valence-corrected chi connectivity index (χ1v) is 5.37. The van der Waals surface area contributed by atoms with E-state index in [0.29, 0.717) is 19.4 Å². The second-order valence-corrected chi connectivity index (χ2v) is 3.50. The van der Waals surface area contributed by atoms with Gasteiger partial charge < -0.3 is 14.6 Å². The fraction of sp³-hybridized carbons (Fsp3) is 0.308. The lowest BCUT2D eigenvalue weighted by molar-refractivity contribution is -0.132. The number of para-hydroxylation sites is 1. The Hall–Kier alpha value is -1.81. The van der Waals surface area contributed by atoms with E-state index in [0.717, 1.165) is 5.75 Å². The lowest BCUT2D eigenvalue weighted by Crippen LogP contribution is -2.05. The van der Waals surface area contributed by atoms with Crippen LogP contribution < -0.4 is 4.74 Å². The summed E-state index contributed by atoms with van der Waals surface area (Å²) < 4.78 is 10.5. The molecule has 0 fully saturated rings. The van der Waals surface area contributed by atoms with Gasteiger partial charge in [-0.2, -0.15) is 0 Å². The van der Waals surface area contributed by atoms with Crippen molar-refractivity contribution in [3.63, 3.8) is 0 Å². The molecule has 0 aromatic heterocycles. The molecule has 0 aliphatic heterocycles. The molecule has 0 aliphatic carbocycles. The lowest BCUT2D eigenvalue weighted by Gasteiger charge is -2.06. The van der Waals surface area contributed by atoms with Crippen LogP contribution in [0.3, 0.4) is 0 Å². The molecule has 0 spiro atoms. The maximum Gasteiger partial charge on any atom is 0.330 e. The fourth-order valence-electron chi connectivity index (χ4n) is 1.18. The largest absolute Gasteiger partial charge is 0.478 e. The normalized spacial score (nSPS) is 9.88. The predicted molar refractivity (Wildman–Crippen MR) is 63.9 cm³/mol. The van der Waals surface area contributed by atoms with Crippen molar-refractivity contribution in [2.45, 2.75) is 12.8 Å². The summed E-state index contributed by atoms with van der Waals surface area (Å²) in [6.45, 7) is 4.06. The Bertz CT molecular complexity index is 359. The predicted octanol–water partition coefficient (Wildman–Crippen LogP) is 2.46. The Morgan fingerprint density at radius 3 is 2.65 bits per heavy atom. The maximum atomic E-state index is 10.4. The van der Waals surface area contributed by atoms with Crippen molar-refractivity contribution in [2.75, 3.05) is 13.4 Å². The van der Waals surface area contributed by atoms with Gasteiger partial charge in [-0.1, -0.05) is 24.8 Å². The highest BCUT2D eigenvalue weighted by Crippen LogP contribution is 2.08. The Labute approximate surface area is 100 Å². The monoisotopic (exact) mass is 236 g/mol. The Balaban J connectivity index is 2.02. The van der Waals surface area contributed by atoms with Gasteiger partial charge in [0, 0.05) is 5.57 Å². The molecule has 1 N–H and O–H groups in total. The molecule has 0 atom stereocenters. The van der Waals surface area contributed by atoms with E-state index in [4.69, 9.17) is 14.6 Å². The number of carboxylic acid groups (broad SMARTS) is 1. The van der Waals surface area contributed by atoms with Crippen molar-refractivity contribution in [3.8, 4) is 5.75 Å². The number of carbonyl (C=O) groups is 1. The third-order valence-corrected chi connectivity index (χ3v) is 2.12. The average molecular weight is 236 g/mol. The van der Waals surface area contributed by atoms with E-state index in [1.807, 2.05) is 30.3 Å². The summed E-state index contributed by atoms with van der Waals surface area (Å²) in [4.78, 5) is 10.4. The smallest absolute Gasteiger partial charge is 0.330 e. The molecular weight excluding hydrogens is 220 g/mol. The van der Waals surface area contributed by atoms with Gasteiger partial charge in [0.25, 0.3) is 0 Å². The molecule has 0 unspecified atom stereocenters. The van der Waals surface area contributed by atoms with Crippen molar-refractivity contribution in [3.05, 3.63) is 42.5 Å². The summed E-state index contributed by atoms with van der Waals surface area (Å²) in [6.07, 6.45) is 1.06. The van der Waals surface area contributed by atoms with Gasteiger partial charge in [-0.05, 0) is 25.0 Å². The van der Waals surface area contributed by atoms with Crippen LogP contribution in [-0.4, -0.2) is 24.5 Å². The van der Waals surface area contributed by atoms with Gasteiger partial charge in [0.1, 0.15) is 5.75 Å². The van der Waals surface area contributed by atoms with Gasteiger partial charge in [-0.25, -0.2) is 4.79 Å². The third kappa shape index (κ3) is 5.73. The number of aliphatic carboxylic acids is 1. The van der Waals surface area contributed by atoms with E-state index < -0.39 is 5.97 Å². The molecule has 1 aromatic rings. The Kier molecular flexibility index (Phi) is 5.82. The summed E-state index contributed by atoms with van der Waals surface area (Å²) in [5, 5.41) is 8.57. The van der Waals surface area contributed by atoms with Crippen LogP contribution in [0.1, 0.15) is 12.8 Å². The number of rotatable bonds is 8. The molecule has 92 valence electrons. The van der Waals surface area contributed by atoms with Crippen LogP contribution in [-0.2, 0) is 9.53 Å². The zero-order chi connectivity index (χ0) is 12.5. The number of ether oxygens (including phenoxy) is 2. The van der Waals surface area contributed by atoms with E-state index >= 15 is 0 Å². The molecule has 0 saturated carbocycles. The van der Waals surface area contributed by atoms with Crippen molar-refractivity contribution < 1.29 is 19.4 Å². The molecule has 0 bridgehead atoms. The van der Waals surface area contributed by atoms with Crippen molar-refractivity contribution in [1.29, 1.82) is 0 Å². The van der Waals surface area contributed by atoms with Crippen LogP contribution in [0.2, 0.25) is 0 Å². The summed E-state index contributed by atoms with van der Waals surface area (Å²) >= 11 is 0. The summed E-state index contributed by atoms with van der Waals surface area (Å²) in [5.74, 6) is -0.201. The van der Waals surface area contributed by atoms with Gasteiger partial charge in [-0.15, -0.1) is 0 Å². The van der Waals surface area contributed by atoms with Crippen molar-refractivity contribution in [2.24, 2.45) is 0 Å². The first-order valence-electron chi connectivity index (χ1n) is 5.37. The zero-order valence-electron chi connectivity index (χ0n) is 9.59. The van der Waals surface area contributed by atoms with Crippen LogP contribution in [0.4, 0.5) is 0 Å². The quantitative estimate of drug-likeness (QED) is 0.428. The van der Waals surface area contributed by atoms with Crippen molar-refractivity contribution >= 4 is 5.97 Å². The van der Waals surface area contributed by atoms with Gasteiger partial charge in [0.15, 0.2) is 6.79 Å². The standard InChI is InChI=1S/C13H16O4/c1-11(13(14)15)6-5-9-16-10-17-12-7-3-2-4-8-12/h2-4,7-8H,1,5-6,9-10H2,(H,14,15). The first-order chi connectivity index (χ1) is 8.20. The van der Waals surface area contributed by atoms with E-state index in [1.165, 1.54) is 0 Å². The Morgan fingerprint density at radius 1 is 1.29 bits per heavy atom. The molecule has 4 heteroatoms. The maximum absolute atomic E-state index is 10.4. The van der Waals surface area contributed by atoms with Crippen molar-refractivity contribution in [1.82, 2.24) is 0 Å². The summed E-state index contributed by atoms with van der Waals surface area (Å²) in [5.41, 5.74) is 0.206. The third-order valence-electron chi connectivity index (χ3n) is 2.12. The minimum Gasteiger partial charge on any atom is -0.478 e. The van der Waals surface area contributed by atoms with E-state index in [9.17, 15) is 4.79 Å². The number of benzene rings is 1. The summed E-state index contributed by atoms with van der Waals surface area (Å²) in [7, 11) is 0. The summed E-state index contributed by atoms with van der Waals surface area (Å²) in [6, 6.07) is 9.36. The van der Waals surface area contributed by atoms with E-state index in [2.05, 4.69) is 6.58 Å². The van der Waals surface area contributed by atoms with Crippen LogP contribution in [0.15, 0.2) is 42.5 Å². The van der Waals surface area contributed by atoms with Gasteiger partial charge in [0.2, 0.25) is 0 Å². The van der Waals surface area contributed by atoms with Crippen LogP contribution >= 0.6 is 0 Å².